The number of hydrogen-bond donors (Lipinski definition) is 0. The molecule has 0 saturated heterocycles. The van der Waals surface area contributed by atoms with Gasteiger partial charge in [0.15, 0.2) is 0 Å². The Labute approximate surface area is 140 Å². The van der Waals surface area contributed by atoms with Crippen LogP contribution in [0.15, 0.2) is 36.8 Å². The second-order valence-corrected chi connectivity index (χ2v) is 6.61. The van der Waals surface area contributed by atoms with Gasteiger partial charge in [-0.25, -0.2) is 0 Å². The van der Waals surface area contributed by atoms with Crippen LogP contribution in [0.1, 0.15) is 17.0 Å². The monoisotopic (exact) mass is 326 g/mol. The summed E-state index contributed by atoms with van der Waals surface area (Å²) in [5, 5.41) is 2.10. The molecule has 0 aliphatic carbocycles. The third-order valence-electron chi connectivity index (χ3n) is 4.62. The van der Waals surface area contributed by atoms with Crippen molar-refractivity contribution in [3.8, 4) is 0 Å². The summed E-state index contributed by atoms with van der Waals surface area (Å²) in [5.41, 5.74) is 5.18. The minimum atomic E-state index is 0.805. The Morgan fingerprint density at radius 1 is 1.26 bits per heavy atom. The minimum Gasteiger partial charge on any atom is -0.344 e. The quantitative estimate of drug-likeness (QED) is 0.740. The van der Waals surface area contributed by atoms with Crippen LogP contribution in [0.25, 0.3) is 10.9 Å². The van der Waals surface area contributed by atoms with E-state index < -0.39 is 0 Å². The van der Waals surface area contributed by atoms with E-state index in [4.69, 9.17) is 11.6 Å². The topological polar surface area (TPSA) is 34.0 Å². The van der Waals surface area contributed by atoms with Crippen molar-refractivity contribution >= 4 is 22.5 Å². The van der Waals surface area contributed by atoms with Crippen molar-refractivity contribution in [2.45, 2.75) is 25.9 Å². The summed E-state index contributed by atoms with van der Waals surface area (Å²) in [7, 11) is 2.18. The van der Waals surface area contributed by atoms with Crippen molar-refractivity contribution in [2.24, 2.45) is 0 Å². The number of likely N-dealkylation sites (N-methyl/N-ethyl adjacent to an activating group) is 1. The third kappa shape index (κ3) is 2.73. The summed E-state index contributed by atoms with van der Waals surface area (Å²) in [6, 6.07) is 6.23. The first-order valence-corrected chi connectivity index (χ1v) is 8.33. The lowest BCUT2D eigenvalue weighted by atomic mass is 10.1. The Hall–Kier alpha value is -1.91. The number of aromatic nitrogens is 3. The van der Waals surface area contributed by atoms with E-state index in [0.29, 0.717) is 0 Å². The van der Waals surface area contributed by atoms with Gasteiger partial charge in [-0.1, -0.05) is 11.6 Å². The molecule has 0 saturated carbocycles. The zero-order valence-corrected chi connectivity index (χ0v) is 13.9. The molecule has 118 valence electrons. The molecule has 0 amide bonds. The summed E-state index contributed by atoms with van der Waals surface area (Å²) in [6.45, 7) is 3.02. The van der Waals surface area contributed by atoms with E-state index >= 15 is 0 Å². The van der Waals surface area contributed by atoms with E-state index in [1.54, 1.807) is 12.4 Å². The highest BCUT2D eigenvalue weighted by molar-refractivity contribution is 6.31. The SMILES string of the molecule is CN1CCc2c(c3cc(Cl)ccc3n2CCc2cnccn2)C1. The van der Waals surface area contributed by atoms with Crippen LogP contribution in [0.5, 0.6) is 0 Å². The van der Waals surface area contributed by atoms with Crippen LogP contribution in [0.3, 0.4) is 0 Å². The molecular formula is C18H19ClN4. The van der Waals surface area contributed by atoms with Gasteiger partial charge in [-0.3, -0.25) is 9.97 Å². The molecule has 4 rings (SSSR count). The smallest absolute Gasteiger partial charge is 0.0604 e. The molecule has 5 heteroatoms. The molecule has 4 nitrogen and oxygen atoms in total. The molecule has 23 heavy (non-hydrogen) atoms. The zero-order chi connectivity index (χ0) is 15.8. The standard InChI is InChI=1S/C18H19ClN4/c1-22-8-5-18-16(12-22)15-10-13(19)2-3-17(15)23(18)9-4-14-11-20-6-7-21-14/h2-3,6-7,10-11H,4-5,8-9,12H2,1H3. The lowest BCUT2D eigenvalue weighted by Crippen LogP contribution is -2.27. The molecule has 3 aromatic rings. The van der Waals surface area contributed by atoms with Gasteiger partial charge in [0, 0.05) is 72.7 Å². The Bertz CT molecular complexity index is 841. The zero-order valence-electron chi connectivity index (χ0n) is 13.2. The highest BCUT2D eigenvalue weighted by atomic mass is 35.5. The van der Waals surface area contributed by atoms with Gasteiger partial charge in [-0.05, 0) is 30.8 Å². The Morgan fingerprint density at radius 2 is 2.17 bits per heavy atom. The van der Waals surface area contributed by atoms with E-state index in [0.717, 1.165) is 43.2 Å². The van der Waals surface area contributed by atoms with Crippen LogP contribution in [0.4, 0.5) is 0 Å². The molecule has 1 aromatic carbocycles. The van der Waals surface area contributed by atoms with Crippen molar-refractivity contribution in [1.82, 2.24) is 19.4 Å². The van der Waals surface area contributed by atoms with Crippen LogP contribution < -0.4 is 0 Å². The summed E-state index contributed by atoms with van der Waals surface area (Å²) in [6.07, 6.45) is 7.30. The van der Waals surface area contributed by atoms with Gasteiger partial charge in [0.05, 0.1) is 5.69 Å². The van der Waals surface area contributed by atoms with Crippen molar-refractivity contribution in [2.75, 3.05) is 13.6 Å². The van der Waals surface area contributed by atoms with Crippen molar-refractivity contribution in [1.29, 1.82) is 0 Å². The maximum absolute atomic E-state index is 6.24. The van der Waals surface area contributed by atoms with Gasteiger partial charge >= 0.3 is 0 Å². The molecule has 0 atom stereocenters. The summed E-state index contributed by atoms with van der Waals surface area (Å²) >= 11 is 6.24. The normalized spacial score (nSPS) is 15.0. The predicted molar refractivity (Wildman–Crippen MR) is 92.7 cm³/mol. The van der Waals surface area contributed by atoms with E-state index in [-0.39, 0.29) is 0 Å². The van der Waals surface area contributed by atoms with Crippen LogP contribution in [0, 0.1) is 0 Å². The maximum Gasteiger partial charge on any atom is 0.0604 e. The Balaban J connectivity index is 1.76. The van der Waals surface area contributed by atoms with Crippen LogP contribution in [0.2, 0.25) is 5.02 Å². The average molecular weight is 327 g/mol. The molecule has 1 aliphatic rings. The summed E-state index contributed by atoms with van der Waals surface area (Å²) in [4.78, 5) is 10.9. The van der Waals surface area contributed by atoms with Crippen molar-refractivity contribution in [3.05, 3.63) is 58.8 Å². The first kappa shape index (κ1) is 14.7. The largest absolute Gasteiger partial charge is 0.344 e. The Morgan fingerprint density at radius 3 is 3.00 bits per heavy atom. The number of rotatable bonds is 3. The summed E-state index contributed by atoms with van der Waals surface area (Å²) < 4.78 is 2.45. The fraction of sp³-hybridized carbons (Fsp3) is 0.333. The number of aryl methyl sites for hydroxylation is 2. The lowest BCUT2D eigenvalue weighted by molar-refractivity contribution is 0.309. The fourth-order valence-corrected chi connectivity index (χ4v) is 3.67. The third-order valence-corrected chi connectivity index (χ3v) is 4.85. The molecule has 0 fully saturated rings. The van der Waals surface area contributed by atoms with Gasteiger partial charge in [0.2, 0.25) is 0 Å². The van der Waals surface area contributed by atoms with Gasteiger partial charge in [-0.15, -0.1) is 0 Å². The minimum absolute atomic E-state index is 0.805. The molecule has 1 aliphatic heterocycles. The van der Waals surface area contributed by atoms with Crippen molar-refractivity contribution in [3.63, 3.8) is 0 Å². The first-order chi connectivity index (χ1) is 11.2. The van der Waals surface area contributed by atoms with Crippen molar-refractivity contribution < 1.29 is 0 Å². The Kier molecular flexibility index (Phi) is 3.79. The van der Waals surface area contributed by atoms with Gasteiger partial charge in [0.1, 0.15) is 0 Å². The van der Waals surface area contributed by atoms with E-state index in [1.165, 1.54) is 22.2 Å². The molecule has 0 bridgehead atoms. The van der Waals surface area contributed by atoms with Gasteiger partial charge < -0.3 is 9.47 Å². The second-order valence-electron chi connectivity index (χ2n) is 6.17. The van der Waals surface area contributed by atoms with E-state index in [2.05, 4.69) is 38.6 Å². The van der Waals surface area contributed by atoms with E-state index in [9.17, 15) is 0 Å². The number of nitrogens with zero attached hydrogens (tertiary/aromatic N) is 4. The molecule has 0 unspecified atom stereocenters. The molecule has 0 radical (unpaired) electrons. The molecule has 3 heterocycles. The second kappa shape index (κ2) is 5.95. The van der Waals surface area contributed by atoms with Crippen LogP contribution >= 0.6 is 11.6 Å². The van der Waals surface area contributed by atoms with Gasteiger partial charge in [-0.2, -0.15) is 0 Å². The number of fused-ring (bicyclic) bond motifs is 3. The number of hydrogen-bond acceptors (Lipinski definition) is 3. The lowest BCUT2D eigenvalue weighted by Gasteiger charge is -2.24. The van der Waals surface area contributed by atoms with Crippen LogP contribution in [-0.4, -0.2) is 33.0 Å². The highest BCUT2D eigenvalue weighted by Gasteiger charge is 2.22. The first-order valence-electron chi connectivity index (χ1n) is 7.95. The molecule has 0 N–H and O–H groups in total. The molecule has 0 spiro atoms. The average Bonchev–Trinajstić information content (AvgIpc) is 2.86. The summed E-state index contributed by atoms with van der Waals surface area (Å²) in [5.74, 6) is 0. The predicted octanol–water partition coefficient (Wildman–Crippen LogP) is 3.32. The van der Waals surface area contributed by atoms with E-state index in [1.807, 2.05) is 12.3 Å². The van der Waals surface area contributed by atoms with Gasteiger partial charge in [0.25, 0.3) is 0 Å². The molecular weight excluding hydrogens is 308 g/mol. The number of benzene rings is 1. The number of halogens is 1. The maximum atomic E-state index is 6.24. The van der Waals surface area contributed by atoms with Crippen LogP contribution in [-0.2, 0) is 25.9 Å². The molecule has 2 aromatic heterocycles. The fourth-order valence-electron chi connectivity index (χ4n) is 3.50. The highest BCUT2D eigenvalue weighted by Crippen LogP contribution is 2.32.